The molecule has 0 bridgehead atoms. The molecule has 4 nitrogen and oxygen atoms in total. The number of hydrogen-bond acceptors (Lipinski definition) is 4. The van der Waals surface area contributed by atoms with Crippen LogP contribution < -0.4 is 0 Å². The third-order valence-corrected chi connectivity index (χ3v) is 3.08. The number of sulfone groups is 1. The van der Waals surface area contributed by atoms with Crippen molar-refractivity contribution in [1.29, 1.82) is 0 Å². The zero-order valence-electron chi connectivity index (χ0n) is 7.65. The zero-order chi connectivity index (χ0) is 9.90. The standard InChI is InChI=1S/C8H14O4S/c1-13(10,11)5-3-7-6-12-4-2-8(7)9/h7H,2-6H2,1H3. The molecule has 0 aromatic rings. The Balaban J connectivity index is 2.40. The summed E-state index contributed by atoms with van der Waals surface area (Å²) >= 11 is 0. The summed E-state index contributed by atoms with van der Waals surface area (Å²) in [5.41, 5.74) is 0. The molecular formula is C8H14O4S. The van der Waals surface area contributed by atoms with Gasteiger partial charge in [-0.3, -0.25) is 4.79 Å². The van der Waals surface area contributed by atoms with Crippen molar-refractivity contribution >= 4 is 15.6 Å². The van der Waals surface area contributed by atoms with Gasteiger partial charge in [-0.1, -0.05) is 0 Å². The molecule has 0 N–H and O–H groups in total. The summed E-state index contributed by atoms with van der Waals surface area (Å²) in [5.74, 6) is 0.00521. The van der Waals surface area contributed by atoms with Gasteiger partial charge < -0.3 is 4.74 Å². The number of ether oxygens (including phenoxy) is 1. The Morgan fingerprint density at radius 2 is 2.23 bits per heavy atom. The smallest absolute Gasteiger partial charge is 0.147 e. The maximum absolute atomic E-state index is 11.2. The Bertz CT molecular complexity index is 281. The zero-order valence-corrected chi connectivity index (χ0v) is 8.47. The predicted molar refractivity (Wildman–Crippen MR) is 48.3 cm³/mol. The molecule has 0 amide bonds. The van der Waals surface area contributed by atoms with E-state index in [1.807, 2.05) is 0 Å². The first-order chi connectivity index (χ1) is 5.99. The maximum atomic E-state index is 11.2. The van der Waals surface area contributed by atoms with Crippen molar-refractivity contribution < 1.29 is 17.9 Å². The van der Waals surface area contributed by atoms with E-state index in [9.17, 15) is 13.2 Å². The summed E-state index contributed by atoms with van der Waals surface area (Å²) in [4.78, 5) is 11.2. The van der Waals surface area contributed by atoms with Crippen molar-refractivity contribution in [3.63, 3.8) is 0 Å². The van der Waals surface area contributed by atoms with E-state index in [1.54, 1.807) is 0 Å². The second-order valence-corrected chi connectivity index (χ2v) is 5.67. The van der Waals surface area contributed by atoms with Crippen LogP contribution in [0.2, 0.25) is 0 Å². The number of carbonyl (C=O) groups is 1. The van der Waals surface area contributed by atoms with E-state index in [1.165, 1.54) is 6.26 Å². The maximum Gasteiger partial charge on any atom is 0.147 e. The minimum absolute atomic E-state index is 0.0762. The highest BCUT2D eigenvalue weighted by atomic mass is 32.2. The molecule has 1 fully saturated rings. The summed E-state index contributed by atoms with van der Waals surface area (Å²) in [5, 5.41) is 0. The van der Waals surface area contributed by atoms with E-state index in [0.29, 0.717) is 26.1 Å². The topological polar surface area (TPSA) is 60.4 Å². The van der Waals surface area contributed by atoms with Gasteiger partial charge >= 0.3 is 0 Å². The average molecular weight is 206 g/mol. The van der Waals surface area contributed by atoms with E-state index in [0.717, 1.165) is 0 Å². The molecule has 1 heterocycles. The van der Waals surface area contributed by atoms with Crippen LogP contribution in [0.1, 0.15) is 12.8 Å². The molecule has 0 saturated carbocycles. The summed E-state index contributed by atoms with van der Waals surface area (Å²) in [6.45, 7) is 0.864. The van der Waals surface area contributed by atoms with E-state index < -0.39 is 9.84 Å². The lowest BCUT2D eigenvalue weighted by atomic mass is 9.98. The van der Waals surface area contributed by atoms with E-state index in [2.05, 4.69) is 0 Å². The van der Waals surface area contributed by atoms with Gasteiger partial charge in [0.05, 0.1) is 19.0 Å². The molecule has 0 aliphatic carbocycles. The third-order valence-electron chi connectivity index (χ3n) is 2.10. The third kappa shape index (κ3) is 3.87. The summed E-state index contributed by atoms with van der Waals surface area (Å²) in [7, 11) is -2.95. The largest absolute Gasteiger partial charge is 0.380 e. The van der Waals surface area contributed by atoms with Crippen molar-refractivity contribution in [1.82, 2.24) is 0 Å². The number of Topliss-reactive ketones (excluding diaryl/α,β-unsaturated/α-hetero) is 1. The van der Waals surface area contributed by atoms with Gasteiger partial charge in [0.1, 0.15) is 15.6 Å². The van der Waals surface area contributed by atoms with Crippen LogP contribution in [0.3, 0.4) is 0 Å². The normalized spacial score (nSPS) is 24.7. The van der Waals surface area contributed by atoms with Crippen molar-refractivity contribution in [2.75, 3.05) is 25.2 Å². The van der Waals surface area contributed by atoms with Crippen LogP contribution in [0.4, 0.5) is 0 Å². The molecule has 1 aliphatic rings. The molecule has 0 radical (unpaired) electrons. The number of carbonyl (C=O) groups excluding carboxylic acids is 1. The minimum Gasteiger partial charge on any atom is -0.380 e. The van der Waals surface area contributed by atoms with Crippen LogP contribution in [0.15, 0.2) is 0 Å². The average Bonchev–Trinajstić information content (AvgIpc) is 2.01. The van der Waals surface area contributed by atoms with Crippen LogP contribution in [0.25, 0.3) is 0 Å². The predicted octanol–water partition coefficient (Wildman–Crippen LogP) is 0.0267. The molecule has 1 unspecified atom stereocenters. The van der Waals surface area contributed by atoms with Crippen molar-refractivity contribution in [2.24, 2.45) is 5.92 Å². The van der Waals surface area contributed by atoms with Crippen LogP contribution in [-0.4, -0.2) is 39.4 Å². The van der Waals surface area contributed by atoms with Gasteiger partial charge in [0.15, 0.2) is 0 Å². The molecule has 13 heavy (non-hydrogen) atoms. The molecule has 1 saturated heterocycles. The van der Waals surface area contributed by atoms with E-state index >= 15 is 0 Å². The van der Waals surface area contributed by atoms with Gasteiger partial charge in [0, 0.05) is 18.6 Å². The highest BCUT2D eigenvalue weighted by molar-refractivity contribution is 7.90. The number of rotatable bonds is 3. The first-order valence-corrected chi connectivity index (χ1v) is 6.33. The lowest BCUT2D eigenvalue weighted by Gasteiger charge is -2.20. The van der Waals surface area contributed by atoms with Crippen molar-refractivity contribution in [3.05, 3.63) is 0 Å². The summed E-state index contributed by atoms with van der Waals surface area (Å²) in [6.07, 6.45) is 2.01. The van der Waals surface area contributed by atoms with Crippen molar-refractivity contribution in [2.45, 2.75) is 12.8 Å². The summed E-state index contributed by atoms with van der Waals surface area (Å²) in [6, 6.07) is 0. The molecule has 0 aromatic carbocycles. The molecule has 0 spiro atoms. The van der Waals surface area contributed by atoms with Gasteiger partial charge in [-0.2, -0.15) is 0 Å². The molecule has 5 heteroatoms. The first-order valence-electron chi connectivity index (χ1n) is 4.27. The molecule has 1 atom stereocenters. The molecule has 1 aliphatic heterocycles. The Morgan fingerprint density at radius 1 is 1.54 bits per heavy atom. The lowest BCUT2D eigenvalue weighted by Crippen LogP contribution is -2.29. The second-order valence-electron chi connectivity index (χ2n) is 3.41. The van der Waals surface area contributed by atoms with Gasteiger partial charge in [-0.05, 0) is 6.42 Å². The van der Waals surface area contributed by atoms with E-state index in [4.69, 9.17) is 4.74 Å². The first kappa shape index (κ1) is 10.7. The lowest BCUT2D eigenvalue weighted by molar-refractivity contribution is -0.130. The fourth-order valence-corrected chi connectivity index (χ4v) is 2.01. The SMILES string of the molecule is CS(=O)(=O)CCC1COCCC1=O. The molecule has 0 aromatic heterocycles. The van der Waals surface area contributed by atoms with Crippen LogP contribution >= 0.6 is 0 Å². The van der Waals surface area contributed by atoms with Gasteiger partial charge in [-0.25, -0.2) is 8.42 Å². The molecule has 1 rings (SSSR count). The highest BCUT2D eigenvalue weighted by Crippen LogP contribution is 2.14. The van der Waals surface area contributed by atoms with Crippen LogP contribution in [-0.2, 0) is 19.4 Å². The van der Waals surface area contributed by atoms with Crippen molar-refractivity contribution in [3.8, 4) is 0 Å². The Hall–Kier alpha value is -0.420. The molecular weight excluding hydrogens is 192 g/mol. The van der Waals surface area contributed by atoms with Gasteiger partial charge in [-0.15, -0.1) is 0 Å². The van der Waals surface area contributed by atoms with E-state index in [-0.39, 0.29) is 17.5 Å². The number of ketones is 1. The Kier molecular flexibility index (Phi) is 3.44. The highest BCUT2D eigenvalue weighted by Gasteiger charge is 2.23. The summed E-state index contributed by atoms with van der Waals surface area (Å²) < 4.78 is 26.8. The Labute approximate surface area is 78.2 Å². The fraction of sp³-hybridized carbons (Fsp3) is 0.875. The minimum atomic E-state index is -2.95. The Morgan fingerprint density at radius 3 is 2.77 bits per heavy atom. The fourth-order valence-electron chi connectivity index (χ4n) is 1.30. The van der Waals surface area contributed by atoms with Gasteiger partial charge in [0.25, 0.3) is 0 Å². The van der Waals surface area contributed by atoms with Gasteiger partial charge in [0.2, 0.25) is 0 Å². The molecule has 76 valence electrons. The quantitative estimate of drug-likeness (QED) is 0.653. The van der Waals surface area contributed by atoms with Crippen LogP contribution in [0.5, 0.6) is 0 Å². The van der Waals surface area contributed by atoms with Crippen LogP contribution in [0, 0.1) is 5.92 Å². The second kappa shape index (κ2) is 4.19. The number of hydrogen-bond donors (Lipinski definition) is 0. The monoisotopic (exact) mass is 206 g/mol.